The molecule has 3 fully saturated rings. The van der Waals surface area contributed by atoms with Crippen molar-refractivity contribution in [1.29, 1.82) is 0 Å². The third kappa shape index (κ3) is 38.9. The third-order valence-electron chi connectivity index (χ3n) is 13.9. The maximum Gasteiger partial charge on any atom is 1.00 e. The fraction of sp³-hybridized carbons (Fsp3) is 0.864. The van der Waals surface area contributed by atoms with Crippen LogP contribution in [0.2, 0.25) is 0 Å². The number of carboxylic acids is 5. The van der Waals surface area contributed by atoms with Crippen molar-refractivity contribution in [3.05, 3.63) is 0 Å². The smallest absolute Gasteiger partial charge is 0.549 e. The first kappa shape index (κ1) is 90.5. The van der Waals surface area contributed by atoms with Gasteiger partial charge in [-0.3, -0.25) is 58.0 Å². The summed E-state index contributed by atoms with van der Waals surface area (Å²) >= 11 is 0. The largest absolute Gasteiger partial charge is 1.00 e. The van der Waals surface area contributed by atoms with E-state index < -0.39 is 79.4 Å². The van der Waals surface area contributed by atoms with Gasteiger partial charge in [-0.05, 0) is 163 Å². The first-order chi connectivity index (χ1) is 39.0. The zero-order valence-electron chi connectivity index (χ0n) is 58.1. The first-order valence-corrected chi connectivity index (χ1v) is 29.5. The first-order valence-electron chi connectivity index (χ1n) is 29.5. The molecule has 3 rings (SSSR count). The second kappa shape index (κ2) is 38.0. The van der Waals surface area contributed by atoms with E-state index in [0.29, 0.717) is 0 Å². The zero-order chi connectivity index (χ0) is 68.3. The predicted octanol–water partition coefficient (Wildman–Crippen LogP) is -5.81. The van der Waals surface area contributed by atoms with Crippen LogP contribution < -0.4 is 85.3 Å². The molecule has 0 spiro atoms. The summed E-state index contributed by atoms with van der Waals surface area (Å²) in [6, 6.07) is 0.457. The van der Waals surface area contributed by atoms with Crippen LogP contribution in [0, 0.1) is 0 Å². The van der Waals surface area contributed by atoms with Gasteiger partial charge in [-0.2, -0.15) is 15.2 Å². The Kier molecular flexibility index (Phi) is 38.6. The Morgan fingerprint density at radius 2 is 0.584 bits per heavy atom. The van der Waals surface area contributed by atoms with Crippen molar-refractivity contribution >= 4 is 47.6 Å². The number of hydroxylamine groups is 6. The molecule has 0 atom stereocenters. The molecule has 30 heteroatoms. The van der Waals surface area contributed by atoms with Gasteiger partial charge in [0.1, 0.15) is 0 Å². The van der Waals surface area contributed by atoms with Crippen LogP contribution in [0.25, 0.3) is 0 Å². The monoisotopic (exact) mass is 1300 g/mol. The van der Waals surface area contributed by atoms with Crippen molar-refractivity contribution in [3.63, 3.8) is 0 Å². The van der Waals surface area contributed by atoms with E-state index in [-0.39, 0.29) is 174 Å². The van der Waals surface area contributed by atoms with E-state index in [4.69, 9.17) is 29.8 Å². The van der Waals surface area contributed by atoms with Crippen LogP contribution in [0.1, 0.15) is 184 Å². The molecule has 3 saturated heterocycles. The predicted molar refractivity (Wildman–Crippen MR) is 319 cm³/mol. The molecule has 3 aliphatic heterocycles. The summed E-state index contributed by atoms with van der Waals surface area (Å²) in [5.74, 6) is -6.74. The fourth-order valence-corrected chi connectivity index (χ4v) is 11.9. The van der Waals surface area contributed by atoms with E-state index in [1.165, 1.54) is 4.90 Å². The van der Waals surface area contributed by atoms with Gasteiger partial charge in [-0.15, -0.1) is 0 Å². The molecular weight excluding hydrogens is 1180 g/mol. The Labute approximate surface area is 573 Å². The van der Waals surface area contributed by atoms with Crippen LogP contribution in [0.5, 0.6) is 0 Å². The third-order valence-corrected chi connectivity index (χ3v) is 13.9. The molecule has 3 aliphatic rings. The van der Waals surface area contributed by atoms with Crippen molar-refractivity contribution in [2.24, 2.45) is 0 Å². The van der Waals surface area contributed by atoms with Gasteiger partial charge in [0.2, 0.25) is 17.7 Å². The van der Waals surface area contributed by atoms with Crippen LogP contribution in [-0.2, 0) is 52.9 Å². The van der Waals surface area contributed by atoms with Gasteiger partial charge in [0.15, 0.2) is 0 Å². The maximum atomic E-state index is 11.3. The van der Waals surface area contributed by atoms with Crippen LogP contribution in [0.4, 0.5) is 0 Å². The van der Waals surface area contributed by atoms with Crippen molar-refractivity contribution in [1.82, 2.24) is 45.8 Å². The number of nitrogens with zero attached hydrogens (tertiary/aromatic N) is 6. The average Bonchev–Trinajstić information content (AvgIpc) is 1.33. The van der Waals surface area contributed by atoms with E-state index in [9.17, 15) is 63.9 Å². The second-order valence-electron chi connectivity index (χ2n) is 29.1. The fourth-order valence-electron chi connectivity index (χ4n) is 11.9. The number of piperidine rings is 3. The number of hydrogen-bond donors (Lipinski definition) is 9. The quantitative estimate of drug-likeness (QED) is 0.0330. The number of aliphatic hydroxyl groups is 3. The van der Waals surface area contributed by atoms with Gasteiger partial charge >= 0.3 is 77.0 Å². The number of amides is 3. The van der Waals surface area contributed by atoms with Gasteiger partial charge in [0, 0.05) is 111 Å². The topological polar surface area (TPSA) is 387 Å². The summed E-state index contributed by atoms with van der Waals surface area (Å²) in [5, 5.41) is 92.3. The molecule has 0 radical (unpaired) electrons. The Morgan fingerprint density at radius 3 is 0.753 bits per heavy atom. The van der Waals surface area contributed by atoms with Crippen LogP contribution in [0.3, 0.4) is 0 Å². The molecular formula is C59H111N9Na2O19. The minimum Gasteiger partial charge on any atom is -0.549 e. The van der Waals surface area contributed by atoms with Crippen LogP contribution in [-0.4, -0.2) is 255 Å². The molecule has 9 N–H and O–H groups in total. The molecule has 0 aromatic heterocycles. The minimum absolute atomic E-state index is 0. The zero-order valence-corrected chi connectivity index (χ0v) is 62.1. The van der Waals surface area contributed by atoms with Crippen LogP contribution in [0.15, 0.2) is 0 Å². The van der Waals surface area contributed by atoms with Crippen molar-refractivity contribution in [2.45, 2.75) is 252 Å². The number of carbonyl (C=O) groups excluding carboxylic acids is 5. The van der Waals surface area contributed by atoms with Gasteiger partial charge in [-0.1, -0.05) is 0 Å². The Balaban J connectivity index is -0.00000111. The summed E-state index contributed by atoms with van der Waals surface area (Å²) in [7, 11) is 0. The standard InChI is InChI=1S/3C15H30N2O3.C14H23N3O10.2Na/c3*1-11(18)16-12-8-13(2,3)17(14(4,5)9-12)20-10-15(6,7)19;18-10(19)5-15(1-3-16(6-11(20)21)7-12(22)23)2-4-17(8-13(24)25)9-14(26)27;;/h3*12,19H,8-10H2,1-7H3,(H,16,18);1-9H2,(H,18,19)(H,20,21)(H,22,23)(H,24,25)(H,26,27);;/q;;;;2*+1/p-2. The number of nitrogens with one attached hydrogen (secondary N) is 3. The SMILES string of the molecule is CC(=O)NC1CC(C)(C)N(OCC(C)(C)O)C(C)(C)C1.CC(=O)NC1CC(C)(C)N(OCC(C)(C)O)C(C)(C)C1.CC(=O)NC1CC(C)(C)N(OCC(C)(C)O)C(C)(C)C1.O=C([O-])CN(CCN(CCN(CC(=O)O)CC(=O)O)CC(=O)O)CC(=O)[O-].[Na+].[Na+]. The minimum atomic E-state index is -1.52. The Morgan fingerprint density at radius 1 is 0.404 bits per heavy atom. The summed E-state index contributed by atoms with van der Waals surface area (Å²) in [5.41, 5.74) is -3.83. The molecule has 0 aromatic rings. The molecule has 0 saturated carbocycles. The second-order valence-corrected chi connectivity index (χ2v) is 29.1. The molecule has 0 aliphatic carbocycles. The van der Waals surface area contributed by atoms with E-state index >= 15 is 0 Å². The van der Waals surface area contributed by atoms with Crippen molar-refractivity contribution < 1.29 is 153 Å². The molecule has 3 amide bonds. The normalized spacial score (nSPS) is 19.3. The molecule has 0 bridgehead atoms. The number of aliphatic carboxylic acids is 5. The molecule has 0 aromatic carbocycles. The summed E-state index contributed by atoms with van der Waals surface area (Å²) in [4.78, 5) is 109. The summed E-state index contributed by atoms with van der Waals surface area (Å²) < 4.78 is 0. The maximum absolute atomic E-state index is 11.3. The average molecular weight is 1300 g/mol. The van der Waals surface area contributed by atoms with E-state index in [0.717, 1.165) is 48.3 Å². The summed E-state index contributed by atoms with van der Waals surface area (Å²) in [6.45, 7) is 37.8. The van der Waals surface area contributed by atoms with E-state index in [1.54, 1.807) is 62.3 Å². The van der Waals surface area contributed by atoms with E-state index in [2.05, 4.69) is 99.0 Å². The molecule has 89 heavy (non-hydrogen) atoms. The molecule has 508 valence electrons. The molecule has 28 nitrogen and oxygen atoms in total. The van der Waals surface area contributed by atoms with Crippen LogP contribution >= 0.6 is 0 Å². The van der Waals surface area contributed by atoms with Gasteiger partial charge in [0.25, 0.3) is 0 Å². The van der Waals surface area contributed by atoms with Gasteiger partial charge in [-0.25, -0.2) is 0 Å². The summed E-state index contributed by atoms with van der Waals surface area (Å²) in [6.07, 6.45) is 4.93. The van der Waals surface area contributed by atoms with Crippen molar-refractivity contribution in [3.8, 4) is 0 Å². The molecule has 0 unspecified atom stereocenters. The molecule has 3 heterocycles. The Hall–Kier alpha value is -2.72. The van der Waals surface area contributed by atoms with Crippen molar-refractivity contribution in [2.75, 3.05) is 78.7 Å². The Bertz CT molecular complexity index is 1960. The number of hydrogen-bond acceptors (Lipinski definition) is 22. The van der Waals surface area contributed by atoms with E-state index in [1.807, 2.05) is 15.2 Å². The number of rotatable bonds is 28. The van der Waals surface area contributed by atoms with Gasteiger partial charge < -0.3 is 66.4 Å². The van der Waals surface area contributed by atoms with Gasteiger partial charge in [0.05, 0.1) is 68.2 Å². The number of carboxylic acid groups (broad SMARTS) is 5. The number of carbonyl (C=O) groups is 8.